The third kappa shape index (κ3) is 44.0. The quantitative estimate of drug-likeness (QED) is 0.0271. The van der Waals surface area contributed by atoms with Crippen molar-refractivity contribution in [1.82, 2.24) is 0 Å². The summed E-state index contributed by atoms with van der Waals surface area (Å²) in [5.74, 6) is -0.420. The first-order chi connectivity index (χ1) is 28.4. The molecule has 2 atom stereocenters. The number of rotatable bonds is 40. The Hall–Kier alpha value is -3.10. The molecule has 0 aromatic heterocycles. The molecule has 328 valence electrons. The van der Waals surface area contributed by atoms with Crippen molar-refractivity contribution in [2.24, 2.45) is 5.73 Å². The summed E-state index contributed by atoms with van der Waals surface area (Å²) in [6.07, 6.45) is 62.4. The first-order valence-electron chi connectivity index (χ1n) is 22.0. The first-order valence-corrected chi connectivity index (χ1v) is 23.5. The monoisotopic (exact) mass is 826 g/mol. The molecule has 0 saturated heterocycles. The Balaban J connectivity index is 4.10. The number of nitrogens with two attached hydrogens (primary N) is 1. The van der Waals surface area contributed by atoms with Crippen LogP contribution in [0.25, 0.3) is 0 Å². The molecule has 0 bridgehead atoms. The molecule has 2 unspecified atom stereocenters. The average molecular weight is 826 g/mol. The number of unbranched alkanes of at least 4 members (excludes halogenated alkanes) is 7. The van der Waals surface area contributed by atoms with Gasteiger partial charge in [0.2, 0.25) is 0 Å². The van der Waals surface area contributed by atoms with Crippen LogP contribution in [0.4, 0.5) is 0 Å². The highest BCUT2D eigenvalue weighted by molar-refractivity contribution is 7.47. The van der Waals surface area contributed by atoms with Gasteiger partial charge in [0.15, 0.2) is 0 Å². The van der Waals surface area contributed by atoms with Crippen LogP contribution in [-0.4, -0.2) is 49.9 Å². The minimum Gasteiger partial charge on any atom is -0.457 e. The molecule has 0 aromatic rings. The van der Waals surface area contributed by atoms with Gasteiger partial charge in [-0.2, -0.15) is 0 Å². The summed E-state index contributed by atoms with van der Waals surface area (Å²) in [7, 11) is -4.31. The maximum atomic E-state index is 12.5. The minimum absolute atomic E-state index is 0.0706. The van der Waals surface area contributed by atoms with Crippen LogP contribution in [0.2, 0.25) is 0 Å². The summed E-state index contributed by atoms with van der Waals surface area (Å²) in [4.78, 5) is 22.4. The van der Waals surface area contributed by atoms with E-state index in [0.29, 0.717) is 13.0 Å². The number of esters is 1. The predicted molar refractivity (Wildman–Crippen MR) is 247 cm³/mol. The predicted octanol–water partition coefficient (Wildman–Crippen LogP) is 13.4. The van der Waals surface area contributed by atoms with E-state index < -0.39 is 19.9 Å². The Morgan fingerprint density at radius 2 is 0.914 bits per heavy atom. The number of phosphoric ester groups is 1. The lowest BCUT2D eigenvalue weighted by Gasteiger charge is -2.20. The molecular weight excluding hydrogens is 746 g/mol. The third-order valence-corrected chi connectivity index (χ3v) is 9.37. The lowest BCUT2D eigenvalue weighted by Crippen LogP contribution is -2.28. The van der Waals surface area contributed by atoms with E-state index in [1.807, 2.05) is 12.2 Å². The number of carbonyl (C=O) groups excluding carboxylic acids is 1. The first kappa shape index (κ1) is 54.9. The van der Waals surface area contributed by atoms with Crippen LogP contribution in [0.15, 0.2) is 122 Å². The molecule has 0 aromatic carbocycles. The van der Waals surface area contributed by atoms with Crippen LogP contribution in [-0.2, 0) is 27.9 Å². The fourth-order valence-electron chi connectivity index (χ4n) is 5.25. The summed E-state index contributed by atoms with van der Waals surface area (Å²) >= 11 is 0. The molecule has 3 N–H and O–H groups in total. The second kappa shape index (κ2) is 45.0. The summed E-state index contributed by atoms with van der Waals surface area (Å²) in [5, 5.41) is 0. The Morgan fingerprint density at radius 3 is 1.36 bits per heavy atom. The molecule has 0 amide bonds. The Bertz CT molecular complexity index is 1290. The number of ether oxygens (including phenoxy) is 2. The van der Waals surface area contributed by atoms with Gasteiger partial charge in [0.05, 0.1) is 19.8 Å². The van der Waals surface area contributed by atoms with Crippen molar-refractivity contribution in [3.8, 4) is 0 Å². The molecule has 0 aliphatic rings. The van der Waals surface area contributed by atoms with E-state index in [1.54, 1.807) is 0 Å². The van der Waals surface area contributed by atoms with Crippen molar-refractivity contribution in [2.45, 2.75) is 148 Å². The normalized spacial score (nSPS) is 14.6. The summed E-state index contributed by atoms with van der Waals surface area (Å²) < 4.78 is 33.3. The highest BCUT2D eigenvalue weighted by Crippen LogP contribution is 2.43. The van der Waals surface area contributed by atoms with E-state index in [1.165, 1.54) is 25.7 Å². The summed E-state index contributed by atoms with van der Waals surface area (Å²) in [5.41, 5.74) is 5.36. The van der Waals surface area contributed by atoms with Gasteiger partial charge in [-0.3, -0.25) is 13.8 Å². The van der Waals surface area contributed by atoms with Gasteiger partial charge in [-0.05, 0) is 89.9 Å². The van der Waals surface area contributed by atoms with Crippen molar-refractivity contribution >= 4 is 13.8 Å². The molecule has 0 rings (SSSR count). The topological polar surface area (TPSA) is 117 Å². The van der Waals surface area contributed by atoms with Crippen molar-refractivity contribution in [2.75, 3.05) is 33.0 Å². The number of hydrogen-bond acceptors (Lipinski definition) is 7. The maximum absolute atomic E-state index is 12.5. The van der Waals surface area contributed by atoms with E-state index in [0.717, 1.165) is 89.9 Å². The standard InChI is InChI=1S/C49H80NO7P/c1-3-5-7-9-11-13-15-17-18-19-20-21-22-23-24-25-26-27-28-29-31-33-35-37-39-41-44-54-46-48(47-56-58(52,53)55-45-43-50)57-49(51)42-40-38-36-34-32-30-16-14-12-10-8-6-4-2/h5-8,11-14,17-18,20-21,23-24,26-27,30,32,36,38,48H,3-4,9-10,15-16,19,22,25,28-29,31,33-35,37,39-47,50H2,1-2H3,(H,52,53)/b7-5-,8-6-,13-11-,14-12-,18-17-,21-20-,24-23-,27-26-,32-30-,38-36-. The van der Waals surface area contributed by atoms with Gasteiger partial charge in [0.1, 0.15) is 6.10 Å². The average Bonchev–Trinajstić information content (AvgIpc) is 3.21. The van der Waals surface area contributed by atoms with Gasteiger partial charge < -0.3 is 20.1 Å². The SMILES string of the molecule is CC/C=C\C/C=C\C/C=C\C/C=C\C/C=C\C/C=C\CCCCCCCCCOCC(COP(=O)(O)OCCN)OC(=O)CC/C=C\C/C=C\C/C=C\C/C=C\CC. The maximum Gasteiger partial charge on any atom is 0.472 e. The van der Waals surface area contributed by atoms with Crippen molar-refractivity contribution in [3.05, 3.63) is 122 Å². The fraction of sp³-hybridized carbons (Fsp3) is 0.571. The largest absolute Gasteiger partial charge is 0.472 e. The second-order valence-electron chi connectivity index (χ2n) is 13.8. The highest BCUT2D eigenvalue weighted by Gasteiger charge is 2.25. The van der Waals surface area contributed by atoms with Crippen LogP contribution in [0.1, 0.15) is 142 Å². The molecular formula is C49H80NO7P. The van der Waals surface area contributed by atoms with Gasteiger partial charge in [-0.15, -0.1) is 0 Å². The number of hydrogen-bond donors (Lipinski definition) is 2. The van der Waals surface area contributed by atoms with Crippen molar-refractivity contribution in [1.29, 1.82) is 0 Å². The van der Waals surface area contributed by atoms with Crippen LogP contribution in [0.3, 0.4) is 0 Å². The van der Waals surface area contributed by atoms with Crippen LogP contribution in [0.5, 0.6) is 0 Å². The van der Waals surface area contributed by atoms with E-state index in [9.17, 15) is 14.3 Å². The molecule has 0 fully saturated rings. The molecule has 0 heterocycles. The summed E-state index contributed by atoms with van der Waals surface area (Å²) in [6, 6.07) is 0. The third-order valence-electron chi connectivity index (χ3n) is 8.39. The zero-order chi connectivity index (χ0) is 42.3. The summed E-state index contributed by atoms with van der Waals surface area (Å²) in [6.45, 7) is 4.52. The van der Waals surface area contributed by atoms with Crippen molar-refractivity contribution in [3.63, 3.8) is 0 Å². The van der Waals surface area contributed by atoms with Crippen LogP contribution >= 0.6 is 7.82 Å². The number of phosphoric acid groups is 1. The molecule has 0 aliphatic heterocycles. The van der Waals surface area contributed by atoms with E-state index >= 15 is 0 Å². The van der Waals surface area contributed by atoms with Gasteiger partial charge in [-0.1, -0.05) is 167 Å². The Morgan fingerprint density at radius 1 is 0.517 bits per heavy atom. The molecule has 0 aliphatic carbocycles. The van der Waals surface area contributed by atoms with Gasteiger partial charge in [-0.25, -0.2) is 4.57 Å². The van der Waals surface area contributed by atoms with Gasteiger partial charge in [0, 0.05) is 19.6 Å². The zero-order valence-electron chi connectivity index (χ0n) is 36.2. The Kier molecular flexibility index (Phi) is 42.6. The Labute approximate surface area is 354 Å². The number of carbonyl (C=O) groups is 1. The van der Waals surface area contributed by atoms with E-state index in [4.69, 9.17) is 24.3 Å². The molecule has 8 nitrogen and oxygen atoms in total. The lowest BCUT2D eigenvalue weighted by atomic mass is 10.1. The lowest BCUT2D eigenvalue weighted by molar-refractivity contribution is -0.154. The zero-order valence-corrected chi connectivity index (χ0v) is 37.1. The molecule has 0 radical (unpaired) electrons. The molecule has 58 heavy (non-hydrogen) atoms. The molecule has 0 spiro atoms. The van der Waals surface area contributed by atoms with Crippen LogP contribution < -0.4 is 5.73 Å². The van der Waals surface area contributed by atoms with Crippen LogP contribution in [0, 0.1) is 0 Å². The highest BCUT2D eigenvalue weighted by atomic mass is 31.2. The van der Waals surface area contributed by atoms with E-state index in [-0.39, 0.29) is 32.8 Å². The van der Waals surface area contributed by atoms with Gasteiger partial charge >= 0.3 is 13.8 Å². The molecule has 9 heteroatoms. The fourth-order valence-corrected chi connectivity index (χ4v) is 6.01. The molecule has 0 saturated carbocycles. The minimum atomic E-state index is -4.31. The second-order valence-corrected chi connectivity index (χ2v) is 15.2. The van der Waals surface area contributed by atoms with E-state index in [2.05, 4.69) is 123 Å². The van der Waals surface area contributed by atoms with Crippen molar-refractivity contribution < 1.29 is 32.8 Å². The number of allylic oxidation sites excluding steroid dienone is 20. The van der Waals surface area contributed by atoms with Gasteiger partial charge in [0.25, 0.3) is 0 Å². The smallest absolute Gasteiger partial charge is 0.457 e.